The average molecular weight is 237 g/mol. The molecule has 0 aliphatic heterocycles. The molecule has 0 aliphatic carbocycles. The SMILES string of the molecule is Nc1n[nH]c(C(=O)NCCc2cccs2)n1. The molecular formula is C9H11N5OS. The van der Waals surface area contributed by atoms with E-state index in [0.717, 1.165) is 6.42 Å². The molecule has 0 bridgehead atoms. The summed E-state index contributed by atoms with van der Waals surface area (Å²) in [6, 6.07) is 4.02. The van der Waals surface area contributed by atoms with E-state index in [2.05, 4.69) is 20.5 Å². The molecule has 2 aromatic rings. The first kappa shape index (κ1) is 10.6. The second-order valence-corrected chi connectivity index (χ2v) is 4.16. The summed E-state index contributed by atoms with van der Waals surface area (Å²) in [7, 11) is 0. The van der Waals surface area contributed by atoms with Gasteiger partial charge >= 0.3 is 0 Å². The first-order valence-corrected chi connectivity index (χ1v) is 5.62. The number of nitrogen functional groups attached to an aromatic ring is 1. The van der Waals surface area contributed by atoms with E-state index < -0.39 is 0 Å². The maximum atomic E-state index is 11.5. The third kappa shape index (κ3) is 2.57. The Morgan fingerprint density at radius 3 is 3.12 bits per heavy atom. The molecule has 0 atom stereocenters. The number of aromatic amines is 1. The number of anilines is 1. The first-order chi connectivity index (χ1) is 7.75. The molecule has 0 saturated heterocycles. The summed E-state index contributed by atoms with van der Waals surface area (Å²) in [4.78, 5) is 16.5. The maximum absolute atomic E-state index is 11.5. The number of nitrogens with one attached hydrogen (secondary N) is 2. The lowest BCUT2D eigenvalue weighted by Gasteiger charge is -2.00. The van der Waals surface area contributed by atoms with Crippen molar-refractivity contribution < 1.29 is 4.79 Å². The van der Waals surface area contributed by atoms with E-state index in [1.807, 2.05) is 17.5 Å². The van der Waals surface area contributed by atoms with Crippen LogP contribution in [-0.2, 0) is 6.42 Å². The van der Waals surface area contributed by atoms with Crippen molar-refractivity contribution in [2.45, 2.75) is 6.42 Å². The zero-order valence-corrected chi connectivity index (χ0v) is 9.25. The average Bonchev–Trinajstić information content (AvgIpc) is 2.89. The van der Waals surface area contributed by atoms with Gasteiger partial charge in [0.2, 0.25) is 11.8 Å². The Balaban J connectivity index is 1.80. The molecule has 0 aliphatic rings. The van der Waals surface area contributed by atoms with Gasteiger partial charge in [0, 0.05) is 11.4 Å². The lowest BCUT2D eigenvalue weighted by Crippen LogP contribution is -2.26. The molecule has 2 heterocycles. The minimum absolute atomic E-state index is 0.0726. The number of hydrogen-bond acceptors (Lipinski definition) is 5. The van der Waals surface area contributed by atoms with Gasteiger partial charge in [-0.2, -0.15) is 4.98 Å². The largest absolute Gasteiger partial charge is 0.366 e. The van der Waals surface area contributed by atoms with Crippen LogP contribution in [0.15, 0.2) is 17.5 Å². The van der Waals surface area contributed by atoms with Crippen molar-refractivity contribution in [1.82, 2.24) is 20.5 Å². The number of nitrogens with zero attached hydrogens (tertiary/aromatic N) is 2. The molecule has 7 heteroatoms. The lowest BCUT2D eigenvalue weighted by molar-refractivity contribution is 0.0944. The number of hydrogen-bond donors (Lipinski definition) is 3. The van der Waals surface area contributed by atoms with Crippen LogP contribution in [0.3, 0.4) is 0 Å². The summed E-state index contributed by atoms with van der Waals surface area (Å²) >= 11 is 1.67. The van der Waals surface area contributed by atoms with Gasteiger partial charge in [0.15, 0.2) is 0 Å². The number of H-pyrrole nitrogens is 1. The molecule has 1 amide bonds. The van der Waals surface area contributed by atoms with Crippen LogP contribution in [0.1, 0.15) is 15.5 Å². The van der Waals surface area contributed by atoms with Crippen LogP contribution < -0.4 is 11.1 Å². The predicted octanol–water partition coefficient (Wildman–Crippen LogP) is 0.421. The van der Waals surface area contributed by atoms with Crippen molar-refractivity contribution in [2.75, 3.05) is 12.3 Å². The monoisotopic (exact) mass is 237 g/mol. The van der Waals surface area contributed by atoms with Gasteiger partial charge in [0.05, 0.1) is 0 Å². The Hall–Kier alpha value is -1.89. The minimum Gasteiger partial charge on any atom is -0.366 e. The van der Waals surface area contributed by atoms with Gasteiger partial charge in [-0.15, -0.1) is 16.4 Å². The number of amides is 1. The van der Waals surface area contributed by atoms with Crippen LogP contribution in [0.2, 0.25) is 0 Å². The molecule has 2 rings (SSSR count). The molecule has 2 aromatic heterocycles. The van der Waals surface area contributed by atoms with E-state index in [1.54, 1.807) is 11.3 Å². The molecule has 6 nitrogen and oxygen atoms in total. The molecule has 0 spiro atoms. The second-order valence-electron chi connectivity index (χ2n) is 3.13. The van der Waals surface area contributed by atoms with Crippen molar-refractivity contribution in [2.24, 2.45) is 0 Å². The van der Waals surface area contributed by atoms with Crippen molar-refractivity contribution in [3.8, 4) is 0 Å². The Kier molecular flexibility index (Phi) is 3.16. The smallest absolute Gasteiger partial charge is 0.288 e. The summed E-state index contributed by atoms with van der Waals surface area (Å²) in [5.41, 5.74) is 5.29. The molecule has 16 heavy (non-hydrogen) atoms. The van der Waals surface area contributed by atoms with Gasteiger partial charge < -0.3 is 11.1 Å². The fourth-order valence-electron chi connectivity index (χ4n) is 1.21. The van der Waals surface area contributed by atoms with Crippen LogP contribution >= 0.6 is 11.3 Å². The van der Waals surface area contributed by atoms with E-state index in [1.165, 1.54) is 4.88 Å². The Labute approximate surface area is 95.9 Å². The standard InChI is InChI=1S/C9H11N5OS/c10-9-12-7(13-14-9)8(15)11-4-3-6-2-1-5-16-6/h1-2,5H,3-4H2,(H,11,15)(H3,10,12,13,14). The first-order valence-electron chi connectivity index (χ1n) is 4.74. The summed E-state index contributed by atoms with van der Waals surface area (Å²) in [6.45, 7) is 0.569. The molecule has 0 unspecified atom stereocenters. The van der Waals surface area contributed by atoms with Crippen LogP contribution in [0, 0.1) is 0 Å². The molecule has 0 aromatic carbocycles. The summed E-state index contributed by atoms with van der Waals surface area (Å²) in [5, 5.41) is 10.8. The van der Waals surface area contributed by atoms with Gasteiger partial charge in [0.1, 0.15) is 0 Å². The maximum Gasteiger partial charge on any atom is 0.288 e. The van der Waals surface area contributed by atoms with Crippen LogP contribution in [-0.4, -0.2) is 27.6 Å². The van der Waals surface area contributed by atoms with Crippen molar-refractivity contribution >= 4 is 23.2 Å². The van der Waals surface area contributed by atoms with Crippen LogP contribution in [0.4, 0.5) is 5.95 Å². The highest BCUT2D eigenvalue weighted by Crippen LogP contribution is 2.08. The number of rotatable bonds is 4. The normalized spacial score (nSPS) is 10.2. The second kappa shape index (κ2) is 4.75. The van der Waals surface area contributed by atoms with Gasteiger partial charge in [-0.1, -0.05) is 6.07 Å². The lowest BCUT2D eigenvalue weighted by atomic mass is 10.3. The highest BCUT2D eigenvalue weighted by Gasteiger charge is 2.09. The Morgan fingerprint density at radius 1 is 1.62 bits per heavy atom. The van der Waals surface area contributed by atoms with Gasteiger partial charge in [-0.25, -0.2) is 0 Å². The van der Waals surface area contributed by atoms with Crippen molar-refractivity contribution in [3.63, 3.8) is 0 Å². The molecule has 84 valence electrons. The van der Waals surface area contributed by atoms with Crippen LogP contribution in [0.25, 0.3) is 0 Å². The minimum atomic E-state index is -0.291. The fourth-order valence-corrected chi connectivity index (χ4v) is 1.92. The molecular weight excluding hydrogens is 226 g/mol. The van der Waals surface area contributed by atoms with Crippen LogP contribution in [0.5, 0.6) is 0 Å². The highest BCUT2D eigenvalue weighted by atomic mass is 32.1. The van der Waals surface area contributed by atoms with Crippen molar-refractivity contribution in [3.05, 3.63) is 28.2 Å². The molecule has 0 fully saturated rings. The fraction of sp³-hybridized carbons (Fsp3) is 0.222. The summed E-state index contributed by atoms with van der Waals surface area (Å²) < 4.78 is 0. The summed E-state index contributed by atoms with van der Waals surface area (Å²) in [6.07, 6.45) is 0.813. The third-order valence-electron chi connectivity index (χ3n) is 1.95. The molecule has 0 saturated carbocycles. The van der Waals surface area contributed by atoms with E-state index in [0.29, 0.717) is 6.54 Å². The van der Waals surface area contributed by atoms with E-state index >= 15 is 0 Å². The zero-order chi connectivity index (χ0) is 11.4. The quantitative estimate of drug-likeness (QED) is 0.718. The highest BCUT2D eigenvalue weighted by molar-refractivity contribution is 7.09. The topological polar surface area (TPSA) is 96.7 Å². The van der Waals surface area contributed by atoms with E-state index in [4.69, 9.17) is 5.73 Å². The molecule has 0 radical (unpaired) electrons. The van der Waals surface area contributed by atoms with Gasteiger partial charge in [0.25, 0.3) is 5.91 Å². The number of aromatic nitrogens is 3. The van der Waals surface area contributed by atoms with Gasteiger partial charge in [-0.3, -0.25) is 9.89 Å². The Bertz CT molecular complexity index is 464. The third-order valence-corrected chi connectivity index (χ3v) is 2.89. The Morgan fingerprint density at radius 2 is 2.50 bits per heavy atom. The number of nitrogens with two attached hydrogens (primary N) is 1. The zero-order valence-electron chi connectivity index (χ0n) is 8.43. The van der Waals surface area contributed by atoms with Gasteiger partial charge in [-0.05, 0) is 17.9 Å². The van der Waals surface area contributed by atoms with Crippen molar-refractivity contribution in [1.29, 1.82) is 0 Å². The van der Waals surface area contributed by atoms with E-state index in [9.17, 15) is 4.79 Å². The molecule has 4 N–H and O–H groups in total. The predicted molar refractivity (Wildman–Crippen MR) is 61.2 cm³/mol. The van der Waals surface area contributed by atoms with E-state index in [-0.39, 0.29) is 17.7 Å². The summed E-state index contributed by atoms with van der Waals surface area (Å²) in [5.74, 6) is -0.0761. The number of carbonyl (C=O) groups excluding carboxylic acids is 1. The number of carbonyl (C=O) groups is 1. The number of thiophene rings is 1.